The molecule has 1 aliphatic rings. The molecular weight excluding hydrogens is 471 g/mol. The van der Waals surface area contributed by atoms with Crippen molar-refractivity contribution in [1.29, 1.82) is 0 Å². The van der Waals surface area contributed by atoms with E-state index in [0.29, 0.717) is 17.9 Å². The third-order valence-corrected chi connectivity index (χ3v) is 7.41. The predicted octanol–water partition coefficient (Wildman–Crippen LogP) is 4.20. The lowest BCUT2D eigenvalue weighted by atomic mass is 9.94. The van der Waals surface area contributed by atoms with Crippen LogP contribution >= 0.6 is 23.2 Å². The van der Waals surface area contributed by atoms with Gasteiger partial charge in [0.15, 0.2) is 0 Å². The zero-order valence-corrected chi connectivity index (χ0v) is 19.0. The van der Waals surface area contributed by atoms with Crippen molar-refractivity contribution in [1.82, 2.24) is 10.9 Å². The zero-order chi connectivity index (χ0) is 22.7. The second kappa shape index (κ2) is 9.48. The summed E-state index contributed by atoms with van der Waals surface area (Å²) in [6, 6.07) is 20.4. The van der Waals surface area contributed by atoms with Crippen LogP contribution in [0, 0.1) is 5.92 Å². The number of sulfonamides is 1. The molecule has 3 aromatic rings. The monoisotopic (exact) mass is 490 g/mol. The minimum Gasteiger partial charge on any atom is -0.326 e. The summed E-state index contributed by atoms with van der Waals surface area (Å²) in [4.78, 5) is 12.7. The van der Waals surface area contributed by atoms with E-state index in [1.807, 2.05) is 30.3 Å². The third-order valence-electron chi connectivity index (χ3n) is 5.07. The van der Waals surface area contributed by atoms with Crippen molar-refractivity contribution in [3.05, 3.63) is 88.4 Å². The van der Waals surface area contributed by atoms with E-state index >= 15 is 0 Å². The normalized spacial score (nSPS) is 18.3. The Hall–Kier alpha value is -2.62. The van der Waals surface area contributed by atoms with Crippen molar-refractivity contribution >= 4 is 50.5 Å². The van der Waals surface area contributed by atoms with Gasteiger partial charge in [-0.2, -0.15) is 0 Å². The molecular formula is C22H20Cl2N4O3S. The topological polar surface area (TPSA) is 99.3 Å². The average molecular weight is 491 g/mol. The first-order chi connectivity index (χ1) is 15.3. The van der Waals surface area contributed by atoms with Gasteiger partial charge in [-0.3, -0.25) is 14.9 Å². The summed E-state index contributed by atoms with van der Waals surface area (Å²) in [6.45, 7) is 0.488. The molecule has 7 nitrogen and oxygen atoms in total. The summed E-state index contributed by atoms with van der Waals surface area (Å²) in [5, 5.41) is 2.94. The number of benzene rings is 3. The van der Waals surface area contributed by atoms with Crippen LogP contribution in [-0.2, 0) is 14.8 Å². The molecule has 4 rings (SSSR count). The summed E-state index contributed by atoms with van der Waals surface area (Å²) in [5.41, 5.74) is 8.05. The lowest BCUT2D eigenvalue weighted by Crippen LogP contribution is -2.29. The quantitative estimate of drug-likeness (QED) is 0.415. The molecule has 1 heterocycles. The minimum atomic E-state index is -3.98. The number of halogens is 2. The van der Waals surface area contributed by atoms with E-state index in [0.717, 1.165) is 5.56 Å². The van der Waals surface area contributed by atoms with Crippen molar-refractivity contribution in [2.24, 2.45) is 5.92 Å². The number of hydrogen-bond acceptors (Lipinski definition) is 5. The molecule has 1 aliphatic heterocycles. The molecule has 3 aromatic carbocycles. The third kappa shape index (κ3) is 4.90. The molecule has 2 unspecified atom stereocenters. The highest BCUT2D eigenvalue weighted by Gasteiger charge is 2.33. The summed E-state index contributed by atoms with van der Waals surface area (Å²) < 4.78 is 27.8. The van der Waals surface area contributed by atoms with Crippen molar-refractivity contribution in [2.45, 2.75) is 10.9 Å². The Labute approximate surface area is 196 Å². The maximum atomic E-state index is 12.8. The van der Waals surface area contributed by atoms with Crippen LogP contribution in [0.15, 0.2) is 77.7 Å². The molecule has 0 radical (unpaired) electrons. The molecule has 32 heavy (non-hydrogen) atoms. The largest absolute Gasteiger partial charge is 0.326 e. The molecule has 0 aromatic heterocycles. The van der Waals surface area contributed by atoms with Gasteiger partial charge < -0.3 is 5.32 Å². The van der Waals surface area contributed by atoms with E-state index in [1.165, 1.54) is 12.1 Å². The summed E-state index contributed by atoms with van der Waals surface area (Å²) in [6.07, 6.45) is 0. The Morgan fingerprint density at radius 1 is 0.875 bits per heavy atom. The fourth-order valence-electron chi connectivity index (χ4n) is 3.52. The van der Waals surface area contributed by atoms with Gasteiger partial charge in [0.05, 0.1) is 22.0 Å². The van der Waals surface area contributed by atoms with Gasteiger partial charge in [0.2, 0.25) is 5.91 Å². The van der Waals surface area contributed by atoms with E-state index in [1.54, 1.807) is 30.3 Å². The Balaban J connectivity index is 1.44. The molecule has 166 valence electrons. The minimum absolute atomic E-state index is 0.0284. The van der Waals surface area contributed by atoms with Gasteiger partial charge in [-0.15, -0.1) is 0 Å². The molecule has 10 heteroatoms. The first-order valence-corrected chi connectivity index (χ1v) is 12.0. The molecule has 1 amide bonds. The fraction of sp³-hybridized carbons (Fsp3) is 0.136. The summed E-state index contributed by atoms with van der Waals surface area (Å²) >= 11 is 12.0. The molecule has 4 N–H and O–H groups in total. The van der Waals surface area contributed by atoms with Crippen LogP contribution in [-0.4, -0.2) is 20.9 Å². The van der Waals surface area contributed by atoms with Gasteiger partial charge in [0, 0.05) is 17.9 Å². The van der Waals surface area contributed by atoms with E-state index in [9.17, 15) is 13.2 Å². The second-order valence-electron chi connectivity index (χ2n) is 7.24. The number of amides is 1. The highest BCUT2D eigenvalue weighted by Crippen LogP contribution is 2.31. The molecule has 1 saturated heterocycles. The number of anilines is 2. The molecule has 0 aliphatic carbocycles. The number of hydrazine groups is 1. The maximum absolute atomic E-state index is 12.8. The highest BCUT2D eigenvalue weighted by atomic mass is 35.5. The summed E-state index contributed by atoms with van der Waals surface area (Å²) in [7, 11) is -3.98. The van der Waals surface area contributed by atoms with Gasteiger partial charge in [0.1, 0.15) is 4.90 Å². The number of carbonyl (C=O) groups excluding carboxylic acids is 1. The maximum Gasteiger partial charge on any atom is 0.264 e. The van der Waals surface area contributed by atoms with Gasteiger partial charge >= 0.3 is 0 Å². The number of hydrogen-bond donors (Lipinski definition) is 4. The second-order valence-corrected chi connectivity index (χ2v) is 9.68. The Bertz CT molecular complexity index is 1200. The fourth-order valence-corrected chi connectivity index (χ4v) is 5.72. The first kappa shape index (κ1) is 22.6. The van der Waals surface area contributed by atoms with Gasteiger partial charge in [-0.1, -0.05) is 59.6 Å². The van der Waals surface area contributed by atoms with Crippen molar-refractivity contribution in [3.63, 3.8) is 0 Å². The van der Waals surface area contributed by atoms with Crippen molar-refractivity contribution < 1.29 is 13.2 Å². The van der Waals surface area contributed by atoms with Crippen molar-refractivity contribution in [2.75, 3.05) is 16.6 Å². The zero-order valence-electron chi connectivity index (χ0n) is 16.7. The van der Waals surface area contributed by atoms with E-state index < -0.39 is 10.0 Å². The standard InChI is InChI=1S/C22H20Cl2N4O3S/c23-18-7-4-8-19(24)21(18)32(30,31)28-16-11-9-15(10-12-16)26-22(29)17-13-25-27-20(17)14-5-2-1-3-6-14/h1-12,17,20,25,27-28H,13H2,(H,26,29). The molecule has 0 bridgehead atoms. The lowest BCUT2D eigenvalue weighted by molar-refractivity contribution is -0.119. The van der Waals surface area contributed by atoms with Crippen LogP contribution in [0.25, 0.3) is 0 Å². The lowest BCUT2D eigenvalue weighted by Gasteiger charge is -2.18. The highest BCUT2D eigenvalue weighted by molar-refractivity contribution is 7.93. The van der Waals surface area contributed by atoms with Crippen LogP contribution in [0.5, 0.6) is 0 Å². The van der Waals surface area contributed by atoms with E-state index in [-0.39, 0.29) is 32.8 Å². The van der Waals surface area contributed by atoms with Crippen LogP contribution < -0.4 is 20.9 Å². The van der Waals surface area contributed by atoms with E-state index in [4.69, 9.17) is 23.2 Å². The smallest absolute Gasteiger partial charge is 0.264 e. The van der Waals surface area contributed by atoms with Crippen LogP contribution in [0.2, 0.25) is 10.0 Å². The molecule has 0 saturated carbocycles. The average Bonchev–Trinajstić information content (AvgIpc) is 3.25. The van der Waals surface area contributed by atoms with Crippen LogP contribution in [0.3, 0.4) is 0 Å². The number of nitrogens with one attached hydrogen (secondary N) is 4. The van der Waals surface area contributed by atoms with Gasteiger partial charge in [0.25, 0.3) is 10.0 Å². The Morgan fingerprint density at radius 2 is 1.50 bits per heavy atom. The Kier molecular flexibility index (Phi) is 6.68. The summed E-state index contributed by atoms with van der Waals surface area (Å²) in [5.74, 6) is -0.453. The Morgan fingerprint density at radius 3 is 2.16 bits per heavy atom. The molecule has 2 atom stereocenters. The SMILES string of the molecule is O=C(Nc1ccc(NS(=O)(=O)c2c(Cl)cccc2Cl)cc1)C1CNNC1c1ccccc1. The van der Waals surface area contributed by atoms with Crippen molar-refractivity contribution in [3.8, 4) is 0 Å². The molecule has 0 spiro atoms. The van der Waals surface area contributed by atoms with Crippen LogP contribution in [0.4, 0.5) is 11.4 Å². The first-order valence-electron chi connectivity index (χ1n) is 9.76. The number of carbonyl (C=O) groups is 1. The van der Waals surface area contributed by atoms with Gasteiger partial charge in [-0.05, 0) is 42.0 Å². The molecule has 1 fully saturated rings. The van der Waals surface area contributed by atoms with E-state index in [2.05, 4.69) is 20.9 Å². The predicted molar refractivity (Wildman–Crippen MR) is 126 cm³/mol. The number of rotatable bonds is 6. The van der Waals surface area contributed by atoms with Crippen LogP contribution in [0.1, 0.15) is 11.6 Å². The van der Waals surface area contributed by atoms with Gasteiger partial charge in [-0.25, -0.2) is 13.8 Å².